The summed E-state index contributed by atoms with van der Waals surface area (Å²) in [5, 5.41) is 8.31. The minimum Gasteiger partial charge on any atom is -0.364 e. The third kappa shape index (κ3) is 4.14. The number of aromatic nitrogens is 5. The Bertz CT molecular complexity index is 1340. The molecule has 0 bridgehead atoms. The first-order valence-corrected chi connectivity index (χ1v) is 10.8. The zero-order chi connectivity index (χ0) is 22.2. The third-order valence-corrected chi connectivity index (χ3v) is 5.68. The fourth-order valence-electron chi connectivity index (χ4n) is 2.84. The van der Waals surface area contributed by atoms with Gasteiger partial charge >= 0.3 is 0 Å². The molecule has 0 aliphatic rings. The molecule has 0 N–H and O–H groups in total. The van der Waals surface area contributed by atoms with E-state index >= 15 is 0 Å². The van der Waals surface area contributed by atoms with Gasteiger partial charge < -0.3 is 4.52 Å². The van der Waals surface area contributed by atoms with Crippen molar-refractivity contribution in [2.24, 2.45) is 0 Å². The molecule has 3 aromatic heterocycles. The van der Waals surface area contributed by atoms with Crippen LogP contribution in [-0.4, -0.2) is 46.6 Å². The summed E-state index contributed by atoms with van der Waals surface area (Å²) in [6.45, 7) is 0.0756. The molecule has 9 nitrogen and oxygen atoms in total. The molecule has 1 aromatic carbocycles. The molecule has 3 heterocycles. The van der Waals surface area contributed by atoms with Crippen molar-refractivity contribution in [3.63, 3.8) is 0 Å². The van der Waals surface area contributed by atoms with Crippen LogP contribution >= 0.6 is 0 Å². The molecule has 4 aromatic rings. The molecule has 31 heavy (non-hydrogen) atoms. The molecule has 0 spiro atoms. The third-order valence-electron chi connectivity index (χ3n) is 4.51. The number of hydrogen-bond donors (Lipinski definition) is 0. The van der Waals surface area contributed by atoms with Crippen LogP contribution in [0.15, 0.2) is 53.4 Å². The summed E-state index contributed by atoms with van der Waals surface area (Å²) in [5.41, 5.74) is 1.53. The SMILES string of the molecule is CN(c1nc(-c2cc(-c3ccon3)n(Cc3ccccc3F)n2)ncc1F)S(C)(=O)=O. The molecule has 0 saturated heterocycles. The van der Waals surface area contributed by atoms with Crippen molar-refractivity contribution in [2.45, 2.75) is 6.54 Å². The van der Waals surface area contributed by atoms with Gasteiger partial charge in [0, 0.05) is 18.7 Å². The highest BCUT2D eigenvalue weighted by Crippen LogP contribution is 2.27. The fraction of sp³-hybridized carbons (Fsp3) is 0.158. The van der Waals surface area contributed by atoms with Crippen molar-refractivity contribution in [3.05, 3.63) is 66.1 Å². The van der Waals surface area contributed by atoms with Gasteiger partial charge in [0.05, 0.1) is 24.7 Å². The first-order valence-electron chi connectivity index (χ1n) is 8.93. The van der Waals surface area contributed by atoms with Crippen LogP contribution in [-0.2, 0) is 16.6 Å². The van der Waals surface area contributed by atoms with Crippen LogP contribution in [0.25, 0.3) is 22.9 Å². The van der Waals surface area contributed by atoms with Gasteiger partial charge in [0.1, 0.15) is 23.5 Å². The number of rotatable bonds is 6. The molecule has 0 aliphatic carbocycles. The van der Waals surface area contributed by atoms with Gasteiger partial charge in [-0.15, -0.1) is 0 Å². The van der Waals surface area contributed by atoms with Crippen molar-refractivity contribution >= 4 is 15.8 Å². The lowest BCUT2D eigenvalue weighted by Crippen LogP contribution is -2.27. The summed E-state index contributed by atoms with van der Waals surface area (Å²) in [7, 11) is -2.57. The first kappa shape index (κ1) is 20.6. The molecule has 0 aliphatic heterocycles. The van der Waals surface area contributed by atoms with E-state index < -0.39 is 27.5 Å². The zero-order valence-corrected chi connectivity index (χ0v) is 17.2. The Balaban J connectivity index is 1.81. The van der Waals surface area contributed by atoms with E-state index in [0.29, 0.717) is 21.3 Å². The zero-order valence-electron chi connectivity index (χ0n) is 16.4. The Morgan fingerprint density at radius 2 is 1.90 bits per heavy atom. The van der Waals surface area contributed by atoms with Crippen LogP contribution in [0, 0.1) is 11.6 Å². The molecule has 0 saturated carbocycles. The van der Waals surface area contributed by atoms with E-state index in [9.17, 15) is 17.2 Å². The molecule has 0 unspecified atom stereocenters. The van der Waals surface area contributed by atoms with E-state index in [0.717, 1.165) is 12.5 Å². The standard InChI is InChI=1S/C19H16F2N6O3S/c1-26(31(2,28)29)19-14(21)10-22-18(23-19)16-9-17(15-7-8-30-25-15)27(24-16)11-12-5-3-4-6-13(12)20/h3-10H,11H2,1-2H3. The lowest BCUT2D eigenvalue weighted by Gasteiger charge is -2.16. The van der Waals surface area contributed by atoms with Crippen molar-refractivity contribution in [3.8, 4) is 22.9 Å². The minimum absolute atomic E-state index is 0.0103. The number of hydrogen-bond acceptors (Lipinski definition) is 7. The molecule has 0 fully saturated rings. The number of halogens is 2. The van der Waals surface area contributed by atoms with Gasteiger partial charge in [-0.1, -0.05) is 23.4 Å². The maximum atomic E-state index is 14.2. The summed E-state index contributed by atoms with van der Waals surface area (Å²) in [6, 6.07) is 9.43. The van der Waals surface area contributed by atoms with E-state index in [-0.39, 0.29) is 18.1 Å². The molecular weight excluding hydrogens is 430 g/mol. The maximum absolute atomic E-state index is 14.2. The average Bonchev–Trinajstić information content (AvgIpc) is 3.39. The van der Waals surface area contributed by atoms with Gasteiger partial charge in [0.25, 0.3) is 0 Å². The Hall–Kier alpha value is -3.67. The van der Waals surface area contributed by atoms with E-state index in [1.165, 1.54) is 24.1 Å². The molecule has 0 amide bonds. The second-order valence-corrected chi connectivity index (χ2v) is 8.66. The summed E-state index contributed by atoms with van der Waals surface area (Å²) in [6.07, 6.45) is 3.17. The van der Waals surface area contributed by atoms with E-state index in [1.54, 1.807) is 30.3 Å². The van der Waals surface area contributed by atoms with Gasteiger partial charge in [-0.05, 0) is 12.1 Å². The van der Waals surface area contributed by atoms with Gasteiger partial charge in [-0.2, -0.15) is 5.10 Å². The van der Waals surface area contributed by atoms with Crippen molar-refractivity contribution in [2.75, 3.05) is 17.6 Å². The van der Waals surface area contributed by atoms with Crippen molar-refractivity contribution in [1.29, 1.82) is 0 Å². The molecule has 12 heteroatoms. The summed E-state index contributed by atoms with van der Waals surface area (Å²) < 4.78 is 59.1. The van der Waals surface area contributed by atoms with Crippen LogP contribution in [0.5, 0.6) is 0 Å². The van der Waals surface area contributed by atoms with Gasteiger partial charge in [-0.25, -0.2) is 27.2 Å². The second kappa shape index (κ2) is 7.87. The van der Waals surface area contributed by atoms with Crippen molar-refractivity contribution in [1.82, 2.24) is 24.9 Å². The Morgan fingerprint density at radius 1 is 1.13 bits per heavy atom. The summed E-state index contributed by atoms with van der Waals surface area (Å²) in [5.74, 6) is -1.73. The van der Waals surface area contributed by atoms with Crippen LogP contribution in [0.4, 0.5) is 14.6 Å². The van der Waals surface area contributed by atoms with E-state index in [1.807, 2.05) is 0 Å². The van der Waals surface area contributed by atoms with Crippen LogP contribution in [0.1, 0.15) is 5.56 Å². The maximum Gasteiger partial charge on any atom is 0.233 e. The molecule has 0 radical (unpaired) electrons. The smallest absolute Gasteiger partial charge is 0.233 e. The van der Waals surface area contributed by atoms with Gasteiger partial charge in [-0.3, -0.25) is 8.99 Å². The van der Waals surface area contributed by atoms with E-state index in [4.69, 9.17) is 4.52 Å². The number of benzene rings is 1. The fourth-order valence-corrected chi connectivity index (χ4v) is 3.29. The highest BCUT2D eigenvalue weighted by Gasteiger charge is 2.22. The predicted molar refractivity (Wildman–Crippen MR) is 107 cm³/mol. The normalized spacial score (nSPS) is 11.6. The highest BCUT2D eigenvalue weighted by atomic mass is 32.2. The van der Waals surface area contributed by atoms with Crippen LogP contribution in [0.3, 0.4) is 0 Å². The molecular formula is C19H16F2N6O3S. The summed E-state index contributed by atoms with van der Waals surface area (Å²) in [4.78, 5) is 7.97. The predicted octanol–water partition coefficient (Wildman–Crippen LogP) is 2.72. The van der Waals surface area contributed by atoms with Crippen LogP contribution in [0.2, 0.25) is 0 Å². The summed E-state index contributed by atoms with van der Waals surface area (Å²) >= 11 is 0. The quantitative estimate of drug-likeness (QED) is 0.448. The van der Waals surface area contributed by atoms with Gasteiger partial charge in [0.15, 0.2) is 17.5 Å². The monoisotopic (exact) mass is 446 g/mol. The number of nitrogens with zero attached hydrogens (tertiary/aromatic N) is 6. The topological polar surface area (TPSA) is 107 Å². The number of anilines is 1. The molecule has 0 atom stereocenters. The molecule has 160 valence electrons. The Morgan fingerprint density at radius 3 is 2.58 bits per heavy atom. The molecule has 4 rings (SSSR count). The minimum atomic E-state index is -3.75. The highest BCUT2D eigenvalue weighted by molar-refractivity contribution is 7.92. The Kier molecular flexibility index (Phi) is 5.23. The van der Waals surface area contributed by atoms with E-state index in [2.05, 4.69) is 20.2 Å². The largest absolute Gasteiger partial charge is 0.364 e. The number of sulfonamides is 1. The second-order valence-electron chi connectivity index (χ2n) is 6.64. The van der Waals surface area contributed by atoms with Gasteiger partial charge in [0.2, 0.25) is 10.0 Å². The Labute approximate surface area is 176 Å². The first-order chi connectivity index (χ1) is 14.7. The lowest BCUT2D eigenvalue weighted by atomic mass is 10.2. The van der Waals surface area contributed by atoms with Crippen molar-refractivity contribution < 1.29 is 21.7 Å². The lowest BCUT2D eigenvalue weighted by molar-refractivity contribution is 0.421. The average molecular weight is 446 g/mol. The van der Waals surface area contributed by atoms with Crippen LogP contribution < -0.4 is 4.31 Å².